The van der Waals surface area contributed by atoms with Crippen LogP contribution in [0.5, 0.6) is 0 Å². The average molecular weight is 419 g/mol. The predicted molar refractivity (Wildman–Crippen MR) is 101 cm³/mol. The van der Waals surface area contributed by atoms with Crippen LogP contribution in [0.4, 0.5) is 10.1 Å². The maximum atomic E-state index is 13.8. The van der Waals surface area contributed by atoms with Crippen molar-refractivity contribution < 1.29 is 22.3 Å². The highest BCUT2D eigenvalue weighted by Crippen LogP contribution is 2.33. The zero-order valence-corrected chi connectivity index (χ0v) is 16.3. The van der Waals surface area contributed by atoms with Gasteiger partial charge in [-0.1, -0.05) is 24.6 Å². The second-order valence-corrected chi connectivity index (χ2v) is 8.48. The van der Waals surface area contributed by atoms with Crippen molar-refractivity contribution >= 4 is 50.6 Å². The standard InChI is InChI=1S/C16H16ClFN2O4S2/c1-3-7-26(22,23)13-9-25-15(16(21)24-2)14(13)20-19-8-10-11(17)5-4-6-12(10)18/h4-6,8-9,20H,3,7H2,1-2H3/b19-8-. The Kier molecular flexibility index (Phi) is 6.74. The number of carbonyl (C=O) groups is 1. The van der Waals surface area contributed by atoms with Gasteiger partial charge in [0.05, 0.1) is 24.1 Å². The van der Waals surface area contributed by atoms with Crippen molar-refractivity contribution in [1.29, 1.82) is 0 Å². The van der Waals surface area contributed by atoms with Crippen LogP contribution >= 0.6 is 22.9 Å². The molecule has 0 unspecified atom stereocenters. The number of nitrogens with zero attached hydrogens (tertiary/aromatic N) is 1. The van der Waals surface area contributed by atoms with Crippen LogP contribution in [0.25, 0.3) is 0 Å². The molecule has 0 amide bonds. The van der Waals surface area contributed by atoms with Gasteiger partial charge in [0.15, 0.2) is 9.84 Å². The number of nitrogens with one attached hydrogen (secondary N) is 1. The molecule has 0 spiro atoms. The van der Waals surface area contributed by atoms with E-state index in [2.05, 4.69) is 15.3 Å². The minimum Gasteiger partial charge on any atom is -0.465 e. The number of hydrazone groups is 1. The van der Waals surface area contributed by atoms with Gasteiger partial charge in [0, 0.05) is 10.9 Å². The minimum absolute atomic E-state index is 0.000915. The zero-order valence-electron chi connectivity index (χ0n) is 14.0. The average Bonchev–Trinajstić information content (AvgIpc) is 3.01. The van der Waals surface area contributed by atoms with Gasteiger partial charge in [-0.25, -0.2) is 17.6 Å². The van der Waals surface area contributed by atoms with Gasteiger partial charge in [0.2, 0.25) is 0 Å². The molecule has 1 aromatic carbocycles. The number of carbonyl (C=O) groups excluding carboxylic acids is 1. The molecule has 1 aromatic heterocycles. The molecule has 26 heavy (non-hydrogen) atoms. The third kappa shape index (κ3) is 4.40. The summed E-state index contributed by atoms with van der Waals surface area (Å²) in [4.78, 5) is 11.9. The highest BCUT2D eigenvalue weighted by molar-refractivity contribution is 7.91. The van der Waals surface area contributed by atoms with Gasteiger partial charge in [-0.05, 0) is 18.6 Å². The first-order chi connectivity index (χ1) is 12.3. The van der Waals surface area contributed by atoms with Crippen LogP contribution < -0.4 is 5.43 Å². The highest BCUT2D eigenvalue weighted by atomic mass is 35.5. The van der Waals surface area contributed by atoms with Crippen LogP contribution in [0, 0.1) is 5.82 Å². The number of sulfone groups is 1. The number of methoxy groups -OCH3 is 1. The van der Waals surface area contributed by atoms with E-state index in [4.69, 9.17) is 11.6 Å². The molecular weight excluding hydrogens is 403 g/mol. The Morgan fingerprint density at radius 2 is 2.19 bits per heavy atom. The molecule has 140 valence electrons. The summed E-state index contributed by atoms with van der Waals surface area (Å²) >= 11 is 6.84. The summed E-state index contributed by atoms with van der Waals surface area (Å²) in [7, 11) is -2.42. The number of halogens is 2. The van der Waals surface area contributed by atoms with Gasteiger partial charge in [-0.15, -0.1) is 11.3 Å². The highest BCUT2D eigenvalue weighted by Gasteiger charge is 2.26. The quantitative estimate of drug-likeness (QED) is 0.418. The largest absolute Gasteiger partial charge is 0.465 e. The number of rotatable bonds is 7. The van der Waals surface area contributed by atoms with E-state index in [1.807, 2.05) is 0 Å². The minimum atomic E-state index is -3.61. The Morgan fingerprint density at radius 1 is 1.46 bits per heavy atom. The SMILES string of the molecule is CCCS(=O)(=O)c1csc(C(=O)OC)c1N/N=C\c1c(F)cccc1Cl. The number of esters is 1. The number of anilines is 1. The van der Waals surface area contributed by atoms with Gasteiger partial charge < -0.3 is 4.74 Å². The van der Waals surface area contributed by atoms with Gasteiger partial charge in [0.25, 0.3) is 0 Å². The summed E-state index contributed by atoms with van der Waals surface area (Å²) in [5.74, 6) is -1.36. The van der Waals surface area contributed by atoms with Crippen molar-refractivity contribution in [2.45, 2.75) is 18.2 Å². The number of thiophene rings is 1. The van der Waals surface area contributed by atoms with E-state index in [-0.39, 0.29) is 31.8 Å². The van der Waals surface area contributed by atoms with Crippen molar-refractivity contribution in [1.82, 2.24) is 0 Å². The van der Waals surface area contributed by atoms with Gasteiger partial charge >= 0.3 is 5.97 Å². The molecule has 2 rings (SSSR count). The molecule has 0 saturated carbocycles. The molecule has 0 aliphatic carbocycles. The summed E-state index contributed by atoms with van der Waals surface area (Å²) < 4.78 is 43.2. The van der Waals surface area contributed by atoms with Crippen molar-refractivity contribution in [3.8, 4) is 0 Å². The van der Waals surface area contributed by atoms with Crippen LogP contribution in [0.3, 0.4) is 0 Å². The van der Waals surface area contributed by atoms with Crippen LogP contribution in [-0.4, -0.2) is 33.5 Å². The molecule has 6 nitrogen and oxygen atoms in total. The molecule has 0 aliphatic heterocycles. The van der Waals surface area contributed by atoms with Crippen LogP contribution in [0.2, 0.25) is 5.02 Å². The summed E-state index contributed by atoms with van der Waals surface area (Å²) in [6.07, 6.45) is 1.53. The molecule has 0 aliphatic rings. The van der Waals surface area contributed by atoms with E-state index in [9.17, 15) is 17.6 Å². The number of hydrogen-bond acceptors (Lipinski definition) is 7. The summed E-state index contributed by atoms with van der Waals surface area (Å²) in [6, 6.07) is 4.16. The van der Waals surface area contributed by atoms with Crippen molar-refractivity contribution in [3.63, 3.8) is 0 Å². The second-order valence-electron chi connectivity index (χ2n) is 5.12. The molecular formula is C16H16ClFN2O4S2. The third-order valence-corrected chi connectivity index (χ3v) is 6.68. The maximum absolute atomic E-state index is 13.8. The lowest BCUT2D eigenvalue weighted by Crippen LogP contribution is -2.09. The van der Waals surface area contributed by atoms with Crippen molar-refractivity contribution in [2.75, 3.05) is 18.3 Å². The Balaban J connectivity index is 2.42. The van der Waals surface area contributed by atoms with Crippen LogP contribution in [-0.2, 0) is 14.6 Å². The topological polar surface area (TPSA) is 84.8 Å². The normalized spacial score (nSPS) is 11.7. The monoisotopic (exact) mass is 418 g/mol. The third-order valence-electron chi connectivity index (χ3n) is 3.31. The van der Waals surface area contributed by atoms with Gasteiger partial charge in [-0.2, -0.15) is 5.10 Å². The molecule has 10 heteroatoms. The molecule has 0 radical (unpaired) electrons. The van der Waals surface area contributed by atoms with Gasteiger partial charge in [0.1, 0.15) is 21.3 Å². The van der Waals surface area contributed by atoms with Crippen molar-refractivity contribution in [2.24, 2.45) is 5.10 Å². The molecule has 0 bridgehead atoms. The molecule has 0 saturated heterocycles. The Morgan fingerprint density at radius 3 is 2.81 bits per heavy atom. The van der Waals surface area contributed by atoms with Crippen molar-refractivity contribution in [3.05, 3.63) is 44.9 Å². The van der Waals surface area contributed by atoms with E-state index in [0.29, 0.717) is 6.42 Å². The van der Waals surface area contributed by atoms with E-state index in [1.54, 1.807) is 6.92 Å². The number of benzene rings is 1. The first-order valence-corrected chi connectivity index (χ1v) is 10.4. The van der Waals surface area contributed by atoms with Crippen LogP contribution in [0.1, 0.15) is 28.6 Å². The number of ether oxygens (including phenoxy) is 1. The Bertz CT molecular complexity index is 921. The maximum Gasteiger partial charge on any atom is 0.350 e. The first-order valence-electron chi connectivity index (χ1n) is 7.47. The summed E-state index contributed by atoms with van der Waals surface area (Å²) in [5, 5.41) is 5.35. The number of hydrogen-bond donors (Lipinski definition) is 1. The fourth-order valence-electron chi connectivity index (χ4n) is 2.09. The lowest BCUT2D eigenvalue weighted by molar-refractivity contribution is 0.0607. The van der Waals surface area contributed by atoms with E-state index < -0.39 is 21.6 Å². The fraction of sp³-hybridized carbons (Fsp3) is 0.250. The predicted octanol–water partition coefficient (Wildman–Crippen LogP) is 3.96. The zero-order chi connectivity index (χ0) is 19.3. The van der Waals surface area contributed by atoms with E-state index in [0.717, 1.165) is 17.6 Å². The molecule has 1 heterocycles. The molecule has 2 aromatic rings. The van der Waals surface area contributed by atoms with Gasteiger partial charge in [-0.3, -0.25) is 5.43 Å². The Labute approximate surface area is 159 Å². The second kappa shape index (κ2) is 8.61. The molecule has 0 atom stereocenters. The lowest BCUT2D eigenvalue weighted by Gasteiger charge is -2.07. The van der Waals surface area contributed by atoms with E-state index >= 15 is 0 Å². The first kappa shape index (κ1) is 20.3. The molecule has 1 N–H and O–H groups in total. The smallest absolute Gasteiger partial charge is 0.350 e. The molecule has 0 fully saturated rings. The lowest BCUT2D eigenvalue weighted by atomic mass is 10.2. The fourth-order valence-corrected chi connectivity index (χ4v) is 5.11. The summed E-state index contributed by atoms with van der Waals surface area (Å²) in [6.45, 7) is 1.73. The van der Waals surface area contributed by atoms with E-state index in [1.165, 1.54) is 30.7 Å². The Hall–Kier alpha value is -1.97. The van der Waals surface area contributed by atoms with Crippen LogP contribution in [0.15, 0.2) is 33.6 Å². The summed E-state index contributed by atoms with van der Waals surface area (Å²) in [5.41, 5.74) is 2.55.